The van der Waals surface area contributed by atoms with E-state index in [0.29, 0.717) is 6.04 Å². The van der Waals surface area contributed by atoms with E-state index in [1.807, 2.05) is 27.7 Å². The Kier molecular flexibility index (Phi) is 9.07. The van der Waals surface area contributed by atoms with E-state index in [-0.39, 0.29) is 17.5 Å². The van der Waals surface area contributed by atoms with Gasteiger partial charge in [0.15, 0.2) is 0 Å². The monoisotopic (exact) mass is 270 g/mol. The van der Waals surface area contributed by atoms with Gasteiger partial charge in [0.2, 0.25) is 5.91 Å². The fourth-order valence-electron chi connectivity index (χ4n) is 2.12. The Morgan fingerprint density at radius 3 is 2.16 bits per heavy atom. The third-order valence-corrected chi connectivity index (χ3v) is 3.17. The van der Waals surface area contributed by atoms with Crippen molar-refractivity contribution in [2.24, 2.45) is 0 Å². The Balaban J connectivity index is 3.79. The molecule has 2 unspecified atom stereocenters. The number of carbonyl (C=O) groups is 1. The second kappa shape index (κ2) is 9.35. The van der Waals surface area contributed by atoms with Crippen molar-refractivity contribution in [1.82, 2.24) is 10.6 Å². The van der Waals surface area contributed by atoms with Gasteiger partial charge in [0.05, 0.1) is 6.04 Å². The second-order valence-electron chi connectivity index (χ2n) is 6.73. The molecule has 19 heavy (non-hydrogen) atoms. The Morgan fingerprint density at radius 2 is 1.63 bits per heavy atom. The van der Waals surface area contributed by atoms with Crippen molar-refractivity contribution in [3.63, 3.8) is 0 Å². The molecule has 0 spiro atoms. The van der Waals surface area contributed by atoms with Gasteiger partial charge in [0, 0.05) is 11.6 Å². The molecule has 0 rings (SSSR count). The highest BCUT2D eigenvalue weighted by Gasteiger charge is 2.20. The topological polar surface area (TPSA) is 41.1 Å². The molecule has 0 bridgehead atoms. The molecule has 0 saturated carbocycles. The van der Waals surface area contributed by atoms with Crippen molar-refractivity contribution in [2.75, 3.05) is 0 Å². The van der Waals surface area contributed by atoms with Crippen molar-refractivity contribution in [3.05, 3.63) is 0 Å². The summed E-state index contributed by atoms with van der Waals surface area (Å²) in [6.45, 7) is 12.4. The number of amides is 1. The van der Waals surface area contributed by atoms with Gasteiger partial charge in [-0.25, -0.2) is 0 Å². The zero-order chi connectivity index (χ0) is 14.9. The van der Waals surface area contributed by atoms with E-state index in [9.17, 15) is 4.79 Å². The first-order chi connectivity index (χ1) is 8.76. The number of nitrogens with one attached hydrogen (secondary N) is 2. The van der Waals surface area contributed by atoms with Crippen LogP contribution in [0.15, 0.2) is 0 Å². The van der Waals surface area contributed by atoms with Crippen molar-refractivity contribution >= 4 is 5.91 Å². The first-order valence-corrected chi connectivity index (χ1v) is 7.84. The summed E-state index contributed by atoms with van der Waals surface area (Å²) in [5.74, 6) is 0.0883. The lowest BCUT2D eigenvalue weighted by Crippen LogP contribution is -2.51. The SMILES string of the molecule is CCCCCCCC(C)NC(C)C(=O)NC(C)(C)C. The van der Waals surface area contributed by atoms with Crippen LogP contribution in [0, 0.1) is 0 Å². The Labute approximate surface area is 119 Å². The molecule has 0 aromatic carbocycles. The number of hydrogen-bond acceptors (Lipinski definition) is 2. The van der Waals surface area contributed by atoms with Crippen LogP contribution >= 0.6 is 0 Å². The van der Waals surface area contributed by atoms with Crippen molar-refractivity contribution < 1.29 is 4.79 Å². The molecule has 0 saturated heterocycles. The molecule has 3 heteroatoms. The summed E-state index contributed by atoms with van der Waals surface area (Å²) in [5.41, 5.74) is -0.156. The number of carbonyl (C=O) groups excluding carboxylic acids is 1. The van der Waals surface area contributed by atoms with Crippen molar-refractivity contribution in [3.8, 4) is 0 Å². The standard InChI is InChI=1S/C16H34N2O/c1-7-8-9-10-11-12-13(2)17-14(3)15(19)18-16(4,5)6/h13-14,17H,7-12H2,1-6H3,(H,18,19). The molecule has 114 valence electrons. The largest absolute Gasteiger partial charge is 0.350 e. The third-order valence-electron chi connectivity index (χ3n) is 3.17. The summed E-state index contributed by atoms with van der Waals surface area (Å²) in [5, 5.41) is 6.39. The van der Waals surface area contributed by atoms with Gasteiger partial charge in [0.25, 0.3) is 0 Å². The Hall–Kier alpha value is -0.570. The molecule has 3 nitrogen and oxygen atoms in total. The predicted octanol–water partition coefficient (Wildman–Crippen LogP) is 3.63. The van der Waals surface area contributed by atoms with E-state index in [1.165, 1.54) is 32.1 Å². The lowest BCUT2D eigenvalue weighted by Gasteiger charge is -2.25. The molecular weight excluding hydrogens is 236 g/mol. The van der Waals surface area contributed by atoms with E-state index < -0.39 is 0 Å². The van der Waals surface area contributed by atoms with Crippen LogP contribution in [-0.4, -0.2) is 23.5 Å². The van der Waals surface area contributed by atoms with E-state index in [4.69, 9.17) is 0 Å². The lowest BCUT2D eigenvalue weighted by molar-refractivity contribution is -0.124. The molecule has 2 atom stereocenters. The van der Waals surface area contributed by atoms with Gasteiger partial charge in [-0.1, -0.05) is 39.0 Å². The molecule has 0 aliphatic rings. The zero-order valence-corrected chi connectivity index (χ0v) is 13.8. The summed E-state index contributed by atoms with van der Waals surface area (Å²) in [4.78, 5) is 11.9. The van der Waals surface area contributed by atoms with Gasteiger partial charge < -0.3 is 10.6 Å². The Morgan fingerprint density at radius 1 is 1.05 bits per heavy atom. The van der Waals surface area contributed by atoms with Crippen LogP contribution in [0.5, 0.6) is 0 Å². The average molecular weight is 270 g/mol. The molecule has 0 aliphatic carbocycles. The first kappa shape index (κ1) is 18.4. The summed E-state index contributed by atoms with van der Waals surface area (Å²) in [7, 11) is 0. The molecule has 2 N–H and O–H groups in total. The van der Waals surface area contributed by atoms with Crippen LogP contribution in [-0.2, 0) is 4.79 Å². The minimum Gasteiger partial charge on any atom is -0.350 e. The van der Waals surface area contributed by atoms with Crippen LogP contribution in [0.3, 0.4) is 0 Å². The number of unbranched alkanes of at least 4 members (excludes halogenated alkanes) is 4. The fourth-order valence-corrected chi connectivity index (χ4v) is 2.12. The van der Waals surface area contributed by atoms with Gasteiger partial charge in [-0.3, -0.25) is 4.79 Å². The molecule has 0 heterocycles. The van der Waals surface area contributed by atoms with E-state index >= 15 is 0 Å². The summed E-state index contributed by atoms with van der Waals surface area (Å²) >= 11 is 0. The van der Waals surface area contributed by atoms with Crippen LogP contribution in [0.2, 0.25) is 0 Å². The maximum Gasteiger partial charge on any atom is 0.237 e. The number of rotatable bonds is 9. The molecule has 0 aliphatic heterocycles. The summed E-state index contributed by atoms with van der Waals surface area (Å²) < 4.78 is 0. The van der Waals surface area contributed by atoms with Crippen LogP contribution < -0.4 is 10.6 Å². The fraction of sp³-hybridized carbons (Fsp3) is 0.938. The number of hydrogen-bond donors (Lipinski definition) is 2. The van der Waals surface area contributed by atoms with E-state index in [1.54, 1.807) is 0 Å². The first-order valence-electron chi connectivity index (χ1n) is 7.84. The summed E-state index contributed by atoms with van der Waals surface area (Å²) in [6, 6.07) is 0.284. The molecule has 0 aromatic heterocycles. The second-order valence-corrected chi connectivity index (χ2v) is 6.73. The van der Waals surface area contributed by atoms with Crippen LogP contribution in [0.25, 0.3) is 0 Å². The smallest absolute Gasteiger partial charge is 0.237 e. The highest BCUT2D eigenvalue weighted by atomic mass is 16.2. The van der Waals surface area contributed by atoms with Crippen molar-refractivity contribution in [2.45, 2.75) is 97.7 Å². The van der Waals surface area contributed by atoms with Crippen molar-refractivity contribution in [1.29, 1.82) is 0 Å². The normalized spacial score (nSPS) is 15.1. The highest BCUT2D eigenvalue weighted by Crippen LogP contribution is 2.08. The zero-order valence-electron chi connectivity index (χ0n) is 13.8. The molecular formula is C16H34N2O. The quantitative estimate of drug-likeness (QED) is 0.628. The average Bonchev–Trinajstić information content (AvgIpc) is 2.26. The molecule has 0 radical (unpaired) electrons. The van der Waals surface area contributed by atoms with Gasteiger partial charge in [-0.2, -0.15) is 0 Å². The van der Waals surface area contributed by atoms with E-state index in [0.717, 1.165) is 6.42 Å². The minimum absolute atomic E-state index is 0.0883. The van der Waals surface area contributed by atoms with Gasteiger partial charge in [-0.05, 0) is 41.0 Å². The Bertz CT molecular complexity index is 246. The van der Waals surface area contributed by atoms with Crippen LogP contribution in [0.4, 0.5) is 0 Å². The van der Waals surface area contributed by atoms with Gasteiger partial charge in [0.1, 0.15) is 0 Å². The maximum atomic E-state index is 11.9. The van der Waals surface area contributed by atoms with E-state index in [2.05, 4.69) is 24.5 Å². The molecule has 1 amide bonds. The molecule has 0 aromatic rings. The minimum atomic E-state index is -0.156. The van der Waals surface area contributed by atoms with Gasteiger partial charge in [-0.15, -0.1) is 0 Å². The highest BCUT2D eigenvalue weighted by molar-refractivity contribution is 5.81. The van der Waals surface area contributed by atoms with Gasteiger partial charge >= 0.3 is 0 Å². The third kappa shape index (κ3) is 11.0. The predicted molar refractivity (Wildman–Crippen MR) is 83.3 cm³/mol. The summed E-state index contributed by atoms with van der Waals surface area (Å²) in [6.07, 6.45) is 7.67. The molecule has 0 fully saturated rings. The van der Waals surface area contributed by atoms with Crippen LogP contribution in [0.1, 0.15) is 80.1 Å². The lowest BCUT2D eigenvalue weighted by atomic mass is 10.1. The maximum absolute atomic E-state index is 11.9.